The largest absolute Gasteiger partial charge is 0.492 e. The molecule has 2 rings (SSSR count). The van der Waals surface area contributed by atoms with E-state index in [-0.39, 0.29) is 0 Å². The lowest BCUT2D eigenvalue weighted by atomic mass is 10.2. The first-order valence-electron chi connectivity index (χ1n) is 6.29. The third-order valence-electron chi connectivity index (χ3n) is 2.94. The molecule has 0 bridgehead atoms. The Bertz CT molecular complexity index is 513. The van der Waals surface area contributed by atoms with Crippen LogP contribution in [-0.2, 0) is 6.54 Å². The van der Waals surface area contributed by atoms with Gasteiger partial charge in [-0.05, 0) is 65.8 Å². The zero-order valence-electron chi connectivity index (χ0n) is 10.9. The minimum Gasteiger partial charge on any atom is -0.492 e. The normalized spacial score (nSPS) is 12.4. The van der Waals surface area contributed by atoms with Crippen molar-refractivity contribution < 1.29 is 4.74 Å². The maximum atomic E-state index is 5.81. The summed E-state index contributed by atoms with van der Waals surface area (Å²) in [4.78, 5) is 0.369. The molecule has 0 amide bonds. The summed E-state index contributed by atoms with van der Waals surface area (Å²) in [5, 5.41) is 0. The number of benzene rings is 1. The number of hydrogen-bond donors (Lipinski definition) is 0. The van der Waals surface area contributed by atoms with Crippen LogP contribution in [0.5, 0.6) is 5.75 Å². The molecule has 1 atom stereocenters. The number of alkyl halides is 1. The fourth-order valence-corrected chi connectivity index (χ4v) is 2.57. The van der Waals surface area contributed by atoms with Crippen molar-refractivity contribution in [3.63, 3.8) is 0 Å². The standard InChI is InChI=1S/C15H17BrINO/c1-12-4-5-14(10-15(12)17)19-11-13(16)6-9-18-7-2-3-8-18/h2-5,7-8,10,13H,6,9,11H2,1H3. The molecule has 0 spiro atoms. The summed E-state index contributed by atoms with van der Waals surface area (Å²) in [6.45, 7) is 3.81. The Morgan fingerprint density at radius 3 is 2.74 bits per heavy atom. The van der Waals surface area contributed by atoms with Crippen molar-refractivity contribution in [2.45, 2.75) is 24.7 Å². The average molecular weight is 434 g/mol. The predicted octanol–water partition coefficient (Wildman–Crippen LogP) is 4.63. The summed E-state index contributed by atoms with van der Waals surface area (Å²) in [5.74, 6) is 0.945. The second-order valence-corrected chi connectivity index (χ2v) is 6.99. The molecule has 1 unspecified atom stereocenters. The summed E-state index contributed by atoms with van der Waals surface area (Å²) in [7, 11) is 0. The van der Waals surface area contributed by atoms with Crippen LogP contribution in [0.3, 0.4) is 0 Å². The molecule has 102 valence electrons. The SMILES string of the molecule is Cc1ccc(OCC(Br)CCn2cccc2)cc1I. The van der Waals surface area contributed by atoms with Crippen LogP contribution in [0.15, 0.2) is 42.7 Å². The van der Waals surface area contributed by atoms with Crippen LogP contribution < -0.4 is 4.74 Å². The Labute approximate surface area is 136 Å². The lowest BCUT2D eigenvalue weighted by Crippen LogP contribution is -2.13. The Morgan fingerprint density at radius 2 is 2.05 bits per heavy atom. The highest BCUT2D eigenvalue weighted by Crippen LogP contribution is 2.20. The van der Waals surface area contributed by atoms with Gasteiger partial charge >= 0.3 is 0 Å². The van der Waals surface area contributed by atoms with Crippen LogP contribution >= 0.6 is 38.5 Å². The lowest BCUT2D eigenvalue weighted by Gasteiger charge is -2.13. The summed E-state index contributed by atoms with van der Waals surface area (Å²) in [5.41, 5.74) is 1.29. The van der Waals surface area contributed by atoms with Crippen LogP contribution in [0.1, 0.15) is 12.0 Å². The maximum Gasteiger partial charge on any atom is 0.120 e. The molecule has 0 radical (unpaired) electrons. The smallest absolute Gasteiger partial charge is 0.120 e. The molecule has 0 saturated carbocycles. The van der Waals surface area contributed by atoms with E-state index in [1.54, 1.807) is 0 Å². The number of halogens is 2. The van der Waals surface area contributed by atoms with Gasteiger partial charge in [0.1, 0.15) is 12.4 Å². The van der Waals surface area contributed by atoms with Gasteiger partial charge in [0.05, 0.1) is 4.83 Å². The van der Waals surface area contributed by atoms with Gasteiger partial charge in [-0.3, -0.25) is 0 Å². The molecule has 1 aromatic heterocycles. The Morgan fingerprint density at radius 1 is 1.32 bits per heavy atom. The second-order valence-electron chi connectivity index (χ2n) is 4.53. The van der Waals surface area contributed by atoms with Gasteiger partial charge in [0.25, 0.3) is 0 Å². The average Bonchev–Trinajstić information content (AvgIpc) is 2.91. The van der Waals surface area contributed by atoms with E-state index in [1.807, 2.05) is 18.2 Å². The lowest BCUT2D eigenvalue weighted by molar-refractivity contribution is 0.311. The highest BCUT2D eigenvalue weighted by Gasteiger charge is 2.06. The first-order chi connectivity index (χ1) is 9.15. The number of aromatic nitrogens is 1. The molecule has 0 aliphatic heterocycles. The van der Waals surface area contributed by atoms with Crippen LogP contribution in [0.25, 0.3) is 0 Å². The van der Waals surface area contributed by atoms with E-state index < -0.39 is 0 Å². The van der Waals surface area contributed by atoms with E-state index in [0.717, 1.165) is 18.7 Å². The van der Waals surface area contributed by atoms with Gasteiger partial charge in [0, 0.05) is 22.5 Å². The number of nitrogens with zero attached hydrogens (tertiary/aromatic N) is 1. The van der Waals surface area contributed by atoms with Gasteiger partial charge < -0.3 is 9.30 Å². The van der Waals surface area contributed by atoms with Gasteiger partial charge in [-0.2, -0.15) is 0 Å². The van der Waals surface area contributed by atoms with Gasteiger partial charge in [-0.1, -0.05) is 22.0 Å². The highest BCUT2D eigenvalue weighted by atomic mass is 127. The molecule has 0 aliphatic rings. The Balaban J connectivity index is 1.76. The molecule has 1 heterocycles. The molecule has 2 nitrogen and oxygen atoms in total. The molecule has 0 aliphatic carbocycles. The van der Waals surface area contributed by atoms with E-state index in [4.69, 9.17) is 4.74 Å². The molecule has 0 N–H and O–H groups in total. The molecule has 0 fully saturated rings. The minimum absolute atomic E-state index is 0.369. The maximum absolute atomic E-state index is 5.81. The van der Waals surface area contributed by atoms with Gasteiger partial charge in [-0.15, -0.1) is 0 Å². The number of hydrogen-bond acceptors (Lipinski definition) is 1. The fourth-order valence-electron chi connectivity index (χ4n) is 1.74. The molecular weight excluding hydrogens is 417 g/mol. The first-order valence-corrected chi connectivity index (χ1v) is 8.28. The van der Waals surface area contributed by atoms with Crippen LogP contribution in [0.2, 0.25) is 0 Å². The zero-order valence-corrected chi connectivity index (χ0v) is 14.6. The molecule has 19 heavy (non-hydrogen) atoms. The van der Waals surface area contributed by atoms with E-state index in [0.29, 0.717) is 11.4 Å². The van der Waals surface area contributed by atoms with Gasteiger partial charge in [-0.25, -0.2) is 0 Å². The van der Waals surface area contributed by atoms with Gasteiger partial charge in [0.2, 0.25) is 0 Å². The van der Waals surface area contributed by atoms with Crippen molar-refractivity contribution in [1.82, 2.24) is 4.57 Å². The van der Waals surface area contributed by atoms with Gasteiger partial charge in [0.15, 0.2) is 0 Å². The third kappa shape index (κ3) is 4.84. The molecular formula is C15H17BrINO. The number of aryl methyl sites for hydroxylation is 2. The zero-order chi connectivity index (χ0) is 13.7. The Kier molecular flexibility index (Phi) is 5.76. The van der Waals surface area contributed by atoms with Crippen LogP contribution in [0.4, 0.5) is 0 Å². The summed E-state index contributed by atoms with van der Waals surface area (Å²) < 4.78 is 9.24. The van der Waals surface area contributed by atoms with Crippen LogP contribution in [0, 0.1) is 10.5 Å². The molecule has 1 aromatic carbocycles. The van der Waals surface area contributed by atoms with Crippen molar-refractivity contribution >= 4 is 38.5 Å². The number of rotatable bonds is 6. The quantitative estimate of drug-likeness (QED) is 0.478. The van der Waals surface area contributed by atoms with E-state index >= 15 is 0 Å². The summed E-state index contributed by atoms with van der Waals surface area (Å²) in [6, 6.07) is 10.3. The minimum atomic E-state index is 0.369. The van der Waals surface area contributed by atoms with Crippen molar-refractivity contribution in [1.29, 1.82) is 0 Å². The van der Waals surface area contributed by atoms with Crippen molar-refractivity contribution in [2.75, 3.05) is 6.61 Å². The monoisotopic (exact) mass is 433 g/mol. The predicted molar refractivity (Wildman–Crippen MR) is 91.2 cm³/mol. The van der Waals surface area contributed by atoms with E-state index in [2.05, 4.69) is 74.5 Å². The van der Waals surface area contributed by atoms with Crippen molar-refractivity contribution in [2.24, 2.45) is 0 Å². The molecule has 4 heteroatoms. The fraction of sp³-hybridized carbons (Fsp3) is 0.333. The van der Waals surface area contributed by atoms with Crippen LogP contribution in [-0.4, -0.2) is 16.0 Å². The first kappa shape index (κ1) is 14.9. The van der Waals surface area contributed by atoms with Crippen molar-refractivity contribution in [3.8, 4) is 5.75 Å². The third-order valence-corrected chi connectivity index (χ3v) is 4.83. The highest BCUT2D eigenvalue weighted by molar-refractivity contribution is 14.1. The summed E-state index contributed by atoms with van der Waals surface area (Å²) >= 11 is 6.01. The van der Waals surface area contributed by atoms with E-state index in [9.17, 15) is 0 Å². The van der Waals surface area contributed by atoms with E-state index in [1.165, 1.54) is 9.13 Å². The Hall–Kier alpha value is -0.490. The summed E-state index contributed by atoms with van der Waals surface area (Å²) in [6.07, 6.45) is 5.23. The number of ether oxygens (including phenoxy) is 1. The topological polar surface area (TPSA) is 14.2 Å². The molecule has 2 aromatic rings. The second kappa shape index (κ2) is 7.33. The van der Waals surface area contributed by atoms with Crippen molar-refractivity contribution in [3.05, 3.63) is 51.9 Å². The molecule has 0 saturated heterocycles.